The van der Waals surface area contributed by atoms with Crippen LogP contribution in [0.25, 0.3) is 0 Å². The number of hydrogen-bond acceptors (Lipinski definition) is 3. The number of nitrogens with one attached hydrogen (secondary N) is 1. The molecule has 0 spiro atoms. The van der Waals surface area contributed by atoms with Crippen molar-refractivity contribution in [3.05, 3.63) is 23.8 Å². The zero-order valence-corrected chi connectivity index (χ0v) is 11.2. The molecule has 0 radical (unpaired) electrons. The Hall–Kier alpha value is -1.22. The smallest absolute Gasteiger partial charge is 0.161 e. The summed E-state index contributed by atoms with van der Waals surface area (Å²) in [4.78, 5) is 0. The number of fused-ring (bicyclic) bond motifs is 1. The van der Waals surface area contributed by atoms with Gasteiger partial charge < -0.3 is 14.8 Å². The highest BCUT2D eigenvalue weighted by Crippen LogP contribution is 2.42. The van der Waals surface area contributed by atoms with Gasteiger partial charge in [0.2, 0.25) is 0 Å². The molecule has 3 nitrogen and oxygen atoms in total. The fraction of sp³-hybridized carbons (Fsp3) is 0.600. The lowest BCUT2D eigenvalue weighted by atomic mass is 9.71. The predicted octanol–water partition coefficient (Wildman–Crippen LogP) is 2.56. The van der Waals surface area contributed by atoms with Crippen molar-refractivity contribution in [1.82, 2.24) is 5.32 Å². The van der Waals surface area contributed by atoms with Gasteiger partial charge in [0.1, 0.15) is 13.2 Å². The van der Waals surface area contributed by atoms with Gasteiger partial charge >= 0.3 is 0 Å². The molecule has 0 saturated carbocycles. The molecule has 18 heavy (non-hydrogen) atoms. The van der Waals surface area contributed by atoms with Crippen molar-refractivity contribution in [3.63, 3.8) is 0 Å². The van der Waals surface area contributed by atoms with Crippen molar-refractivity contribution >= 4 is 0 Å². The van der Waals surface area contributed by atoms with Crippen LogP contribution >= 0.6 is 0 Å². The Morgan fingerprint density at radius 1 is 1.17 bits per heavy atom. The Morgan fingerprint density at radius 2 is 1.94 bits per heavy atom. The van der Waals surface area contributed by atoms with Crippen LogP contribution in [0.3, 0.4) is 0 Å². The summed E-state index contributed by atoms with van der Waals surface area (Å²) in [5, 5.41) is 3.50. The zero-order chi connectivity index (χ0) is 12.6. The second-order valence-corrected chi connectivity index (χ2v) is 5.90. The van der Waals surface area contributed by atoms with Crippen molar-refractivity contribution in [2.45, 2.75) is 26.2 Å². The summed E-state index contributed by atoms with van der Waals surface area (Å²) in [6.45, 7) is 8.19. The fourth-order valence-corrected chi connectivity index (χ4v) is 2.95. The van der Waals surface area contributed by atoms with Gasteiger partial charge in [-0.1, -0.05) is 19.9 Å². The van der Waals surface area contributed by atoms with Crippen LogP contribution in [0.5, 0.6) is 11.5 Å². The van der Waals surface area contributed by atoms with Crippen molar-refractivity contribution < 1.29 is 9.47 Å². The van der Waals surface area contributed by atoms with Crippen LogP contribution < -0.4 is 14.8 Å². The summed E-state index contributed by atoms with van der Waals surface area (Å²) in [6, 6.07) is 6.40. The Kier molecular flexibility index (Phi) is 2.94. The standard InChI is InChI=1S/C15H21NO2/c1-15(2)5-6-16-10-12(15)11-3-4-13-14(9-11)18-8-7-17-13/h3-4,9,12,16H,5-8,10H2,1-2H3. The first-order valence-corrected chi connectivity index (χ1v) is 6.77. The Bertz CT molecular complexity index is 442. The molecule has 1 aromatic carbocycles. The molecule has 3 heteroatoms. The summed E-state index contributed by atoms with van der Waals surface area (Å²) < 4.78 is 11.3. The van der Waals surface area contributed by atoms with Crippen molar-refractivity contribution in [2.24, 2.45) is 5.41 Å². The third kappa shape index (κ3) is 2.07. The zero-order valence-electron chi connectivity index (χ0n) is 11.2. The highest BCUT2D eigenvalue weighted by molar-refractivity contribution is 5.45. The van der Waals surface area contributed by atoms with E-state index in [1.165, 1.54) is 12.0 Å². The van der Waals surface area contributed by atoms with E-state index in [0.29, 0.717) is 24.5 Å². The second kappa shape index (κ2) is 4.47. The summed E-state index contributed by atoms with van der Waals surface area (Å²) in [6.07, 6.45) is 1.21. The van der Waals surface area contributed by atoms with Crippen molar-refractivity contribution in [2.75, 3.05) is 26.3 Å². The predicted molar refractivity (Wildman–Crippen MR) is 71.4 cm³/mol. The lowest BCUT2D eigenvalue weighted by Crippen LogP contribution is -2.40. The van der Waals surface area contributed by atoms with E-state index in [1.807, 2.05) is 0 Å². The lowest BCUT2D eigenvalue weighted by Gasteiger charge is -2.39. The minimum absolute atomic E-state index is 0.342. The second-order valence-electron chi connectivity index (χ2n) is 5.90. The molecule has 3 rings (SSSR count). The summed E-state index contributed by atoms with van der Waals surface area (Å²) >= 11 is 0. The van der Waals surface area contributed by atoms with E-state index in [9.17, 15) is 0 Å². The molecule has 0 amide bonds. The first-order chi connectivity index (χ1) is 8.67. The van der Waals surface area contributed by atoms with E-state index in [2.05, 4.69) is 37.4 Å². The SMILES string of the molecule is CC1(C)CCNCC1c1ccc2c(c1)OCCO2. The molecule has 1 N–H and O–H groups in total. The minimum atomic E-state index is 0.342. The Labute approximate surface area is 108 Å². The molecule has 98 valence electrons. The molecular formula is C15H21NO2. The average Bonchev–Trinajstić information content (AvgIpc) is 2.38. The van der Waals surface area contributed by atoms with Gasteiger partial charge in [-0.2, -0.15) is 0 Å². The topological polar surface area (TPSA) is 30.5 Å². The maximum atomic E-state index is 5.68. The Balaban J connectivity index is 1.91. The summed E-state index contributed by atoms with van der Waals surface area (Å²) in [7, 11) is 0. The number of piperidine rings is 1. The van der Waals surface area contributed by atoms with E-state index >= 15 is 0 Å². The van der Waals surface area contributed by atoms with Gasteiger partial charge in [0.15, 0.2) is 11.5 Å². The molecule has 0 bridgehead atoms. The van der Waals surface area contributed by atoms with Gasteiger partial charge in [-0.15, -0.1) is 0 Å². The van der Waals surface area contributed by atoms with Gasteiger partial charge in [0.05, 0.1) is 0 Å². The van der Waals surface area contributed by atoms with Gasteiger partial charge in [0.25, 0.3) is 0 Å². The highest BCUT2D eigenvalue weighted by Gasteiger charge is 2.33. The lowest BCUT2D eigenvalue weighted by molar-refractivity contribution is 0.170. The number of benzene rings is 1. The number of hydrogen-bond donors (Lipinski definition) is 1. The fourth-order valence-electron chi connectivity index (χ4n) is 2.95. The normalized spacial score (nSPS) is 25.8. The first-order valence-electron chi connectivity index (χ1n) is 6.77. The molecule has 0 aromatic heterocycles. The third-order valence-corrected chi connectivity index (χ3v) is 4.21. The van der Waals surface area contributed by atoms with Gasteiger partial charge in [-0.3, -0.25) is 0 Å². The highest BCUT2D eigenvalue weighted by atomic mass is 16.6. The van der Waals surface area contributed by atoms with Gasteiger partial charge in [0, 0.05) is 12.5 Å². The van der Waals surface area contributed by atoms with E-state index < -0.39 is 0 Å². The van der Waals surface area contributed by atoms with E-state index in [1.54, 1.807) is 0 Å². The summed E-state index contributed by atoms with van der Waals surface area (Å²) in [5.74, 6) is 2.33. The van der Waals surface area contributed by atoms with Gasteiger partial charge in [-0.25, -0.2) is 0 Å². The van der Waals surface area contributed by atoms with Crippen molar-refractivity contribution in [3.8, 4) is 11.5 Å². The van der Waals surface area contributed by atoms with Crippen LogP contribution in [0.4, 0.5) is 0 Å². The van der Waals surface area contributed by atoms with Crippen LogP contribution in [0, 0.1) is 5.41 Å². The molecule has 1 fully saturated rings. The van der Waals surface area contributed by atoms with Crippen LogP contribution in [-0.4, -0.2) is 26.3 Å². The van der Waals surface area contributed by atoms with Crippen LogP contribution in [0.15, 0.2) is 18.2 Å². The largest absolute Gasteiger partial charge is 0.486 e. The van der Waals surface area contributed by atoms with Crippen LogP contribution in [-0.2, 0) is 0 Å². The molecule has 1 unspecified atom stereocenters. The monoisotopic (exact) mass is 247 g/mol. The number of ether oxygens (including phenoxy) is 2. The minimum Gasteiger partial charge on any atom is -0.486 e. The number of rotatable bonds is 1. The van der Waals surface area contributed by atoms with E-state index in [4.69, 9.17) is 9.47 Å². The van der Waals surface area contributed by atoms with Crippen LogP contribution in [0.2, 0.25) is 0 Å². The third-order valence-electron chi connectivity index (χ3n) is 4.21. The molecular weight excluding hydrogens is 226 g/mol. The molecule has 1 atom stereocenters. The quantitative estimate of drug-likeness (QED) is 0.827. The molecule has 1 aromatic rings. The molecule has 0 aliphatic carbocycles. The molecule has 2 aliphatic rings. The molecule has 1 saturated heterocycles. The maximum Gasteiger partial charge on any atom is 0.161 e. The molecule has 2 heterocycles. The summed E-state index contributed by atoms with van der Waals surface area (Å²) in [5.41, 5.74) is 1.70. The average molecular weight is 247 g/mol. The Morgan fingerprint density at radius 3 is 2.72 bits per heavy atom. The van der Waals surface area contributed by atoms with E-state index in [-0.39, 0.29) is 0 Å². The van der Waals surface area contributed by atoms with Gasteiger partial charge in [-0.05, 0) is 36.1 Å². The molecule has 2 aliphatic heterocycles. The van der Waals surface area contributed by atoms with Crippen LogP contribution in [0.1, 0.15) is 31.7 Å². The van der Waals surface area contributed by atoms with E-state index in [0.717, 1.165) is 24.6 Å². The maximum absolute atomic E-state index is 5.68. The first kappa shape index (κ1) is 11.8. The van der Waals surface area contributed by atoms with Crippen molar-refractivity contribution in [1.29, 1.82) is 0 Å².